The molecule has 0 aliphatic carbocycles. The summed E-state index contributed by atoms with van der Waals surface area (Å²) >= 11 is 0. The molecule has 0 spiro atoms. The number of nitrogens with zero attached hydrogens (tertiary/aromatic N) is 4. The SMILES string of the molecule is CC[C@H](C)C([C@@H](CC(=O)N1CCC[C@H]1[C@H](OC)[C@@H](C)C(=O)N[C@@H](Cc1ccccc1)C(=O)OC)OC)N(C)C(=O)CNC(=O)C(C(C)C)N(C)Cc1cccc(NC(=O)CCCCCN2C(=O)CC(C)C2=O)c1. The fourth-order valence-electron chi connectivity index (χ4n) is 10.4. The summed E-state index contributed by atoms with van der Waals surface area (Å²) in [6.45, 7) is 12.3. The zero-order valence-electron chi connectivity index (χ0n) is 45.1. The number of amides is 7. The topological polar surface area (TPSA) is 213 Å². The van der Waals surface area contributed by atoms with Gasteiger partial charge in [-0.1, -0.05) is 96.8 Å². The first kappa shape index (κ1) is 59.8. The van der Waals surface area contributed by atoms with E-state index in [2.05, 4.69) is 16.0 Å². The number of rotatable bonds is 29. The average Bonchev–Trinajstić information content (AvgIpc) is 3.94. The molecule has 0 radical (unpaired) electrons. The molecule has 0 bridgehead atoms. The van der Waals surface area contributed by atoms with E-state index in [0.717, 1.165) is 11.1 Å². The fraction of sp³-hybridized carbons (Fsp3) is 0.636. The number of likely N-dealkylation sites (N-methyl/N-ethyl adjacent to an activating group) is 2. The van der Waals surface area contributed by atoms with Crippen LogP contribution in [0.5, 0.6) is 0 Å². The molecule has 404 valence electrons. The number of esters is 1. The van der Waals surface area contributed by atoms with Crippen molar-refractivity contribution in [3.05, 3.63) is 65.7 Å². The molecule has 2 aliphatic heterocycles. The Hall–Kier alpha value is -5.72. The molecule has 0 saturated carbocycles. The summed E-state index contributed by atoms with van der Waals surface area (Å²) in [5.41, 5.74) is 2.36. The molecule has 2 heterocycles. The summed E-state index contributed by atoms with van der Waals surface area (Å²) in [7, 11) is 7.82. The molecule has 0 aromatic heterocycles. The molecule has 2 aromatic carbocycles. The Morgan fingerprint density at radius 3 is 2.18 bits per heavy atom. The Labute approximate surface area is 432 Å². The highest BCUT2D eigenvalue weighted by molar-refractivity contribution is 6.03. The van der Waals surface area contributed by atoms with Crippen LogP contribution in [0.4, 0.5) is 5.69 Å². The highest BCUT2D eigenvalue weighted by Gasteiger charge is 2.43. The minimum absolute atomic E-state index is 0.0395. The largest absolute Gasteiger partial charge is 0.467 e. The number of nitrogens with one attached hydrogen (secondary N) is 3. The Bertz CT molecular complexity index is 2170. The third-order valence-corrected chi connectivity index (χ3v) is 14.6. The summed E-state index contributed by atoms with van der Waals surface area (Å²) < 4.78 is 17.0. The Morgan fingerprint density at radius 1 is 0.863 bits per heavy atom. The summed E-state index contributed by atoms with van der Waals surface area (Å²) in [4.78, 5) is 112. The third kappa shape index (κ3) is 16.9. The van der Waals surface area contributed by atoms with Crippen LogP contribution in [0.3, 0.4) is 0 Å². The number of likely N-dealkylation sites (tertiary alicyclic amines) is 2. The second-order valence-electron chi connectivity index (χ2n) is 20.3. The number of benzene rings is 2. The highest BCUT2D eigenvalue weighted by atomic mass is 16.5. The molecule has 9 atom stereocenters. The van der Waals surface area contributed by atoms with Gasteiger partial charge in [0, 0.05) is 71.8 Å². The van der Waals surface area contributed by atoms with Crippen molar-refractivity contribution < 1.29 is 52.6 Å². The molecule has 4 rings (SSSR count). The number of unbranched alkanes of at least 4 members (excludes halogenated alkanes) is 2. The van der Waals surface area contributed by atoms with Crippen molar-refractivity contribution in [2.45, 2.75) is 149 Å². The molecule has 3 N–H and O–H groups in total. The second kappa shape index (κ2) is 29.2. The fourth-order valence-corrected chi connectivity index (χ4v) is 10.4. The first-order chi connectivity index (χ1) is 34.8. The maximum Gasteiger partial charge on any atom is 0.328 e. The number of anilines is 1. The van der Waals surface area contributed by atoms with E-state index in [1.807, 2.05) is 88.2 Å². The van der Waals surface area contributed by atoms with Crippen molar-refractivity contribution in [1.29, 1.82) is 0 Å². The molecule has 73 heavy (non-hydrogen) atoms. The molecule has 2 aromatic rings. The number of ether oxygens (including phenoxy) is 3. The quantitative estimate of drug-likeness (QED) is 0.0560. The molecule has 18 heteroatoms. The normalized spacial score (nSPS) is 18.7. The number of carbonyl (C=O) groups is 8. The van der Waals surface area contributed by atoms with E-state index in [0.29, 0.717) is 70.3 Å². The smallest absolute Gasteiger partial charge is 0.328 e. The first-order valence-electron chi connectivity index (χ1n) is 26.0. The van der Waals surface area contributed by atoms with Gasteiger partial charge >= 0.3 is 5.97 Å². The van der Waals surface area contributed by atoms with Crippen molar-refractivity contribution >= 4 is 53.0 Å². The minimum atomic E-state index is -0.917. The van der Waals surface area contributed by atoms with Gasteiger partial charge in [0.15, 0.2) is 0 Å². The van der Waals surface area contributed by atoms with E-state index in [-0.39, 0.29) is 79.0 Å². The lowest BCUT2D eigenvalue weighted by atomic mass is 9.90. The molecule has 18 nitrogen and oxygen atoms in total. The first-order valence-corrected chi connectivity index (χ1v) is 26.0. The molecule has 7 amide bonds. The maximum absolute atomic E-state index is 14.3. The molecular formula is C55H83N7O11. The van der Waals surface area contributed by atoms with Crippen molar-refractivity contribution in [3.8, 4) is 0 Å². The zero-order valence-corrected chi connectivity index (χ0v) is 45.1. The molecule has 3 unspecified atom stereocenters. The van der Waals surface area contributed by atoms with Crippen molar-refractivity contribution in [3.63, 3.8) is 0 Å². The van der Waals surface area contributed by atoms with Gasteiger partial charge in [-0.25, -0.2) is 4.79 Å². The number of imide groups is 1. The number of carbonyl (C=O) groups excluding carboxylic acids is 8. The van der Waals surface area contributed by atoms with Crippen LogP contribution < -0.4 is 16.0 Å². The van der Waals surface area contributed by atoms with Crippen LogP contribution in [-0.4, -0.2) is 158 Å². The standard InChI is InChI=1S/C55H83N7O11/c1-12-36(4)50(44(71-9)32-47(65)61-28-20-25-43(61)51(72-10)38(6)52(67)58-42(55(70)73-11)31-39-21-15-13-16-22-39)60(8)48(66)33-56-53(68)49(35(2)3)59(7)34-40-23-19-24-41(30-40)57-45(63)26-17-14-18-27-62-46(64)29-37(5)54(62)69/h13,15-16,19,21-24,30,35-38,42-44,49-51H,12,14,17-18,20,25-29,31-34H2,1-11H3,(H,56,68)(H,57,63)(H,58,67)/t36-,37?,38+,42-,43-,44+,49?,50?,51+/m0/s1. The van der Waals surface area contributed by atoms with Crippen LogP contribution in [0.1, 0.15) is 110 Å². The Kier molecular flexibility index (Phi) is 24.0. The van der Waals surface area contributed by atoms with Gasteiger partial charge in [0.05, 0.1) is 56.3 Å². The molecule has 2 fully saturated rings. The summed E-state index contributed by atoms with van der Waals surface area (Å²) in [5.74, 6) is -3.44. The van der Waals surface area contributed by atoms with Crippen LogP contribution in [0.15, 0.2) is 54.6 Å². The second-order valence-corrected chi connectivity index (χ2v) is 20.3. The van der Waals surface area contributed by atoms with Crippen LogP contribution in [0, 0.1) is 23.7 Å². The predicted molar refractivity (Wildman–Crippen MR) is 277 cm³/mol. The summed E-state index contributed by atoms with van der Waals surface area (Å²) in [6.07, 6.45) is 3.34. The summed E-state index contributed by atoms with van der Waals surface area (Å²) in [6, 6.07) is 14.3. The van der Waals surface area contributed by atoms with Crippen molar-refractivity contribution in [2.24, 2.45) is 23.7 Å². The monoisotopic (exact) mass is 1020 g/mol. The Balaban J connectivity index is 1.33. The average molecular weight is 1020 g/mol. The molecule has 2 saturated heterocycles. The zero-order chi connectivity index (χ0) is 53.9. The number of methoxy groups -OCH3 is 3. The van der Waals surface area contributed by atoms with E-state index < -0.39 is 54.2 Å². The van der Waals surface area contributed by atoms with Gasteiger partial charge in [0.2, 0.25) is 41.4 Å². The van der Waals surface area contributed by atoms with Crippen LogP contribution in [0.25, 0.3) is 0 Å². The van der Waals surface area contributed by atoms with Gasteiger partial charge in [-0.05, 0) is 67.8 Å². The van der Waals surface area contributed by atoms with Gasteiger partial charge in [0.1, 0.15) is 6.04 Å². The van der Waals surface area contributed by atoms with Crippen molar-refractivity contribution in [2.75, 3.05) is 60.4 Å². The lowest BCUT2D eigenvalue weighted by molar-refractivity contribution is -0.148. The van der Waals surface area contributed by atoms with Crippen molar-refractivity contribution in [1.82, 2.24) is 30.2 Å². The van der Waals surface area contributed by atoms with Crippen LogP contribution in [-0.2, 0) is 65.5 Å². The lowest BCUT2D eigenvalue weighted by Gasteiger charge is -2.39. The van der Waals surface area contributed by atoms with Gasteiger partial charge < -0.3 is 40.0 Å². The Morgan fingerprint density at radius 2 is 1.56 bits per heavy atom. The van der Waals surface area contributed by atoms with Gasteiger partial charge in [0.25, 0.3) is 0 Å². The van der Waals surface area contributed by atoms with Crippen LogP contribution >= 0.6 is 0 Å². The van der Waals surface area contributed by atoms with E-state index in [1.54, 1.807) is 36.8 Å². The predicted octanol–water partition coefficient (Wildman–Crippen LogP) is 4.97. The maximum atomic E-state index is 14.3. The minimum Gasteiger partial charge on any atom is -0.467 e. The third-order valence-electron chi connectivity index (χ3n) is 14.6. The van der Waals surface area contributed by atoms with E-state index in [4.69, 9.17) is 14.2 Å². The van der Waals surface area contributed by atoms with E-state index in [9.17, 15) is 38.4 Å². The van der Waals surface area contributed by atoms with Gasteiger partial charge in [-0.15, -0.1) is 0 Å². The number of hydrogen-bond donors (Lipinski definition) is 3. The van der Waals surface area contributed by atoms with Crippen LogP contribution in [0.2, 0.25) is 0 Å². The van der Waals surface area contributed by atoms with E-state index >= 15 is 0 Å². The van der Waals surface area contributed by atoms with Gasteiger partial charge in [-0.2, -0.15) is 0 Å². The van der Waals surface area contributed by atoms with Gasteiger partial charge in [-0.3, -0.25) is 43.4 Å². The molecule has 2 aliphatic rings. The number of hydrogen-bond acceptors (Lipinski definition) is 12. The van der Waals surface area contributed by atoms with E-state index in [1.165, 1.54) is 26.2 Å². The highest BCUT2D eigenvalue weighted by Crippen LogP contribution is 2.30. The summed E-state index contributed by atoms with van der Waals surface area (Å²) in [5, 5.41) is 8.69. The molecular weight excluding hydrogens is 935 g/mol. The lowest BCUT2D eigenvalue weighted by Crippen LogP contribution is -2.55.